The summed E-state index contributed by atoms with van der Waals surface area (Å²) >= 11 is 0. The van der Waals surface area contributed by atoms with E-state index in [0.29, 0.717) is 25.9 Å². The summed E-state index contributed by atoms with van der Waals surface area (Å²) in [6, 6.07) is 8.01. The first kappa shape index (κ1) is 16.9. The van der Waals surface area contributed by atoms with Crippen LogP contribution in [0.4, 0.5) is 4.79 Å². The minimum absolute atomic E-state index is 0.257. The molecule has 0 atom stereocenters. The molecule has 138 valence electrons. The maximum atomic E-state index is 12.4. The second kappa shape index (κ2) is 5.76. The molecule has 6 nitrogen and oxygen atoms in total. The van der Waals surface area contributed by atoms with Gasteiger partial charge < -0.3 is 14.4 Å². The number of para-hydroxylation sites is 1. The van der Waals surface area contributed by atoms with Crippen molar-refractivity contribution in [1.82, 2.24) is 15.1 Å². The van der Waals surface area contributed by atoms with Crippen LogP contribution in [0.2, 0.25) is 0 Å². The Labute approximate surface area is 153 Å². The summed E-state index contributed by atoms with van der Waals surface area (Å²) in [6.45, 7) is 8.89. The molecule has 1 aromatic heterocycles. The van der Waals surface area contributed by atoms with E-state index >= 15 is 0 Å². The van der Waals surface area contributed by atoms with E-state index in [4.69, 9.17) is 9.47 Å². The van der Waals surface area contributed by atoms with Gasteiger partial charge in [-0.25, -0.2) is 4.79 Å². The topological polar surface area (TPSA) is 67.5 Å². The molecule has 2 aliphatic heterocycles. The van der Waals surface area contributed by atoms with Crippen LogP contribution in [-0.2, 0) is 10.3 Å². The van der Waals surface area contributed by atoms with Crippen LogP contribution in [0.5, 0.6) is 5.75 Å². The van der Waals surface area contributed by atoms with Gasteiger partial charge in [-0.1, -0.05) is 12.1 Å². The molecule has 2 aromatic rings. The van der Waals surface area contributed by atoms with Crippen LogP contribution in [0.25, 0.3) is 11.3 Å². The number of fused-ring (bicyclic) bond motifs is 4. The molecule has 1 N–H and O–H groups in total. The third kappa shape index (κ3) is 2.73. The summed E-state index contributed by atoms with van der Waals surface area (Å²) in [4.78, 5) is 14.2. The number of H-pyrrole nitrogens is 1. The number of hydrogen-bond donors (Lipinski definition) is 1. The van der Waals surface area contributed by atoms with E-state index in [2.05, 4.69) is 10.2 Å². The zero-order chi connectivity index (χ0) is 18.5. The van der Waals surface area contributed by atoms with E-state index in [1.165, 1.54) is 0 Å². The maximum Gasteiger partial charge on any atom is 0.410 e. The molecule has 1 spiro atoms. The molecule has 1 fully saturated rings. The van der Waals surface area contributed by atoms with Gasteiger partial charge in [0.2, 0.25) is 0 Å². The van der Waals surface area contributed by atoms with Crippen molar-refractivity contribution in [2.24, 2.45) is 0 Å². The molecule has 0 bridgehead atoms. The third-order valence-corrected chi connectivity index (χ3v) is 5.07. The number of ether oxygens (including phenoxy) is 2. The van der Waals surface area contributed by atoms with Crippen molar-refractivity contribution < 1.29 is 14.3 Å². The Hall–Kier alpha value is -2.50. The fraction of sp³-hybridized carbons (Fsp3) is 0.500. The number of likely N-dealkylation sites (tertiary alicyclic amines) is 1. The van der Waals surface area contributed by atoms with E-state index in [1.807, 2.05) is 52.0 Å². The van der Waals surface area contributed by atoms with Crippen LogP contribution in [0.15, 0.2) is 24.3 Å². The van der Waals surface area contributed by atoms with Crippen LogP contribution in [0.1, 0.15) is 44.9 Å². The highest BCUT2D eigenvalue weighted by Crippen LogP contribution is 2.49. The zero-order valence-electron chi connectivity index (χ0n) is 15.8. The average Bonchev–Trinajstić information content (AvgIpc) is 2.97. The van der Waals surface area contributed by atoms with E-state index in [9.17, 15) is 4.79 Å². The van der Waals surface area contributed by atoms with Crippen LogP contribution in [-0.4, -0.2) is 39.9 Å². The van der Waals surface area contributed by atoms with Crippen LogP contribution >= 0.6 is 0 Å². The molecular formula is C20H25N3O3. The number of carbonyl (C=O) groups is 1. The molecule has 26 heavy (non-hydrogen) atoms. The molecule has 0 unspecified atom stereocenters. The quantitative estimate of drug-likeness (QED) is 0.775. The first-order valence-electron chi connectivity index (χ1n) is 9.11. The molecule has 2 aliphatic rings. The van der Waals surface area contributed by atoms with E-state index in [1.54, 1.807) is 4.90 Å². The Morgan fingerprint density at radius 3 is 2.65 bits per heavy atom. The predicted octanol–water partition coefficient (Wildman–Crippen LogP) is 4.00. The maximum absolute atomic E-state index is 12.4. The van der Waals surface area contributed by atoms with Gasteiger partial charge in [0.15, 0.2) is 0 Å². The lowest BCUT2D eigenvalue weighted by atomic mass is 9.79. The second-order valence-electron chi connectivity index (χ2n) is 8.13. The smallest absolute Gasteiger partial charge is 0.410 e. The number of nitrogens with zero attached hydrogens (tertiary/aromatic N) is 2. The van der Waals surface area contributed by atoms with Crippen LogP contribution in [0, 0.1) is 6.92 Å². The lowest BCUT2D eigenvalue weighted by Crippen LogP contribution is -2.50. The number of rotatable bonds is 0. The Balaban J connectivity index is 1.61. The zero-order valence-corrected chi connectivity index (χ0v) is 15.8. The SMILES string of the molecule is Cc1[nH]nc2c1C1(CCN(C(=O)OC(C)(C)C)CC1)Oc1ccccc1-2. The minimum Gasteiger partial charge on any atom is -0.482 e. The van der Waals surface area contributed by atoms with Gasteiger partial charge in [0.05, 0.1) is 0 Å². The van der Waals surface area contributed by atoms with E-state index in [-0.39, 0.29) is 6.09 Å². The van der Waals surface area contributed by atoms with E-state index in [0.717, 1.165) is 28.3 Å². The minimum atomic E-state index is -0.485. The number of amides is 1. The van der Waals surface area contributed by atoms with Gasteiger partial charge in [0, 0.05) is 42.8 Å². The molecule has 0 aliphatic carbocycles. The number of piperidine rings is 1. The third-order valence-electron chi connectivity index (χ3n) is 5.07. The van der Waals surface area contributed by atoms with Gasteiger partial charge in [-0.2, -0.15) is 5.10 Å². The number of benzene rings is 1. The van der Waals surface area contributed by atoms with Crippen molar-refractivity contribution >= 4 is 6.09 Å². The molecule has 1 saturated heterocycles. The largest absolute Gasteiger partial charge is 0.482 e. The summed E-state index contributed by atoms with van der Waals surface area (Å²) < 4.78 is 12.0. The number of carbonyl (C=O) groups excluding carboxylic acids is 1. The Bertz CT molecular complexity index is 842. The lowest BCUT2D eigenvalue weighted by Gasteiger charge is -2.44. The van der Waals surface area contributed by atoms with Crippen molar-refractivity contribution in [2.75, 3.05) is 13.1 Å². The number of aromatic nitrogens is 2. The van der Waals surface area contributed by atoms with Crippen molar-refractivity contribution in [3.8, 4) is 17.0 Å². The van der Waals surface area contributed by atoms with Crippen molar-refractivity contribution in [1.29, 1.82) is 0 Å². The van der Waals surface area contributed by atoms with Gasteiger partial charge in [0.25, 0.3) is 0 Å². The highest BCUT2D eigenvalue weighted by atomic mass is 16.6. The van der Waals surface area contributed by atoms with Gasteiger partial charge in [-0.3, -0.25) is 5.10 Å². The summed E-state index contributed by atoms with van der Waals surface area (Å²) in [5.41, 5.74) is 3.21. The fourth-order valence-corrected chi connectivity index (χ4v) is 3.92. The van der Waals surface area contributed by atoms with Gasteiger partial charge >= 0.3 is 6.09 Å². The first-order chi connectivity index (χ1) is 12.3. The standard InChI is InChI=1S/C20H25N3O3/c1-13-16-17(22-21-13)14-7-5-6-8-15(14)25-20(16)9-11-23(12-10-20)18(24)26-19(2,3)4/h5-8H,9-12H2,1-4H3,(H,21,22). The van der Waals surface area contributed by atoms with Crippen molar-refractivity contribution in [2.45, 2.75) is 51.7 Å². The number of aryl methyl sites for hydroxylation is 1. The normalized spacial score (nSPS) is 18.1. The summed E-state index contributed by atoms with van der Waals surface area (Å²) in [6.07, 6.45) is 1.18. The number of aromatic amines is 1. The van der Waals surface area contributed by atoms with Crippen LogP contribution < -0.4 is 4.74 Å². The van der Waals surface area contributed by atoms with Crippen LogP contribution in [0.3, 0.4) is 0 Å². The van der Waals surface area contributed by atoms with Gasteiger partial charge in [0.1, 0.15) is 22.6 Å². The number of nitrogens with one attached hydrogen (secondary N) is 1. The molecule has 4 rings (SSSR count). The molecule has 0 radical (unpaired) electrons. The molecule has 0 saturated carbocycles. The van der Waals surface area contributed by atoms with Crippen molar-refractivity contribution in [3.05, 3.63) is 35.5 Å². The molecule has 6 heteroatoms. The predicted molar refractivity (Wildman–Crippen MR) is 98.1 cm³/mol. The lowest BCUT2D eigenvalue weighted by molar-refractivity contribution is -0.0219. The van der Waals surface area contributed by atoms with Gasteiger partial charge in [-0.05, 0) is 39.8 Å². The van der Waals surface area contributed by atoms with Gasteiger partial charge in [-0.15, -0.1) is 0 Å². The average molecular weight is 355 g/mol. The first-order valence-corrected chi connectivity index (χ1v) is 9.11. The highest BCUT2D eigenvalue weighted by Gasteiger charge is 2.47. The van der Waals surface area contributed by atoms with Crippen molar-refractivity contribution in [3.63, 3.8) is 0 Å². The van der Waals surface area contributed by atoms with E-state index < -0.39 is 11.2 Å². The molecule has 1 amide bonds. The Kier molecular flexibility index (Phi) is 3.75. The highest BCUT2D eigenvalue weighted by molar-refractivity contribution is 5.74. The summed E-state index contributed by atoms with van der Waals surface area (Å²) in [5, 5.41) is 7.66. The molecule has 3 heterocycles. The number of hydrogen-bond acceptors (Lipinski definition) is 4. The molecule has 1 aromatic carbocycles. The summed E-state index contributed by atoms with van der Waals surface area (Å²) in [7, 11) is 0. The Morgan fingerprint density at radius 2 is 1.96 bits per heavy atom. The summed E-state index contributed by atoms with van der Waals surface area (Å²) in [5.74, 6) is 0.859. The fourth-order valence-electron chi connectivity index (χ4n) is 3.92. The molecular weight excluding hydrogens is 330 g/mol. The Morgan fingerprint density at radius 1 is 1.27 bits per heavy atom. The monoisotopic (exact) mass is 355 g/mol. The second-order valence-corrected chi connectivity index (χ2v) is 8.13.